The standard InChI is InChI=1S/C24H28N8O3/c1-3-19-27-23(30-24(29-19)32-13-11-31(12-14-32)16-21(33)35-2)28-20-15-17(9-10-25-20)22(34)26-18-7-5-4-6-8-18/h4-10,15H,3,11-14,16H2,1-2H3,(H,26,34)(H,25,27,28,29,30). The molecule has 0 bridgehead atoms. The number of carbonyl (C=O) groups is 2. The van der Waals surface area contributed by atoms with E-state index >= 15 is 0 Å². The Balaban J connectivity index is 1.45. The molecule has 1 aliphatic heterocycles. The second kappa shape index (κ2) is 11.3. The molecule has 2 aromatic heterocycles. The number of benzene rings is 1. The summed E-state index contributed by atoms with van der Waals surface area (Å²) in [5, 5.41) is 5.97. The van der Waals surface area contributed by atoms with Crippen LogP contribution in [0.3, 0.4) is 0 Å². The van der Waals surface area contributed by atoms with Crippen molar-refractivity contribution in [3.63, 3.8) is 0 Å². The third-order valence-electron chi connectivity index (χ3n) is 5.52. The van der Waals surface area contributed by atoms with Gasteiger partial charge in [0.1, 0.15) is 11.6 Å². The van der Waals surface area contributed by atoms with Gasteiger partial charge < -0.3 is 20.3 Å². The first-order chi connectivity index (χ1) is 17.0. The van der Waals surface area contributed by atoms with Gasteiger partial charge in [0.05, 0.1) is 13.7 Å². The quantitative estimate of drug-likeness (QED) is 0.467. The van der Waals surface area contributed by atoms with E-state index in [0.29, 0.717) is 67.4 Å². The number of rotatable bonds is 8. The monoisotopic (exact) mass is 476 g/mol. The van der Waals surface area contributed by atoms with Crippen molar-refractivity contribution < 1.29 is 14.3 Å². The zero-order chi connectivity index (χ0) is 24.6. The minimum absolute atomic E-state index is 0.239. The van der Waals surface area contributed by atoms with E-state index in [2.05, 4.69) is 35.5 Å². The van der Waals surface area contributed by atoms with Crippen molar-refractivity contribution in [3.05, 3.63) is 60.0 Å². The number of piperazine rings is 1. The summed E-state index contributed by atoms with van der Waals surface area (Å²) in [4.78, 5) is 46.3. The zero-order valence-corrected chi connectivity index (χ0v) is 19.8. The summed E-state index contributed by atoms with van der Waals surface area (Å²) in [7, 11) is 1.39. The maximum Gasteiger partial charge on any atom is 0.319 e. The van der Waals surface area contributed by atoms with Gasteiger partial charge in [-0.2, -0.15) is 15.0 Å². The van der Waals surface area contributed by atoms with Gasteiger partial charge in [-0.1, -0.05) is 25.1 Å². The number of aromatic nitrogens is 4. The van der Waals surface area contributed by atoms with Crippen molar-refractivity contribution in [1.29, 1.82) is 0 Å². The number of nitrogens with one attached hydrogen (secondary N) is 2. The molecule has 1 aliphatic rings. The van der Waals surface area contributed by atoms with E-state index in [1.54, 1.807) is 18.3 Å². The van der Waals surface area contributed by atoms with Gasteiger partial charge in [-0.3, -0.25) is 14.5 Å². The number of anilines is 4. The van der Waals surface area contributed by atoms with E-state index in [9.17, 15) is 9.59 Å². The van der Waals surface area contributed by atoms with Crippen molar-refractivity contribution >= 4 is 35.3 Å². The number of para-hydroxylation sites is 1. The summed E-state index contributed by atoms with van der Waals surface area (Å²) in [6.45, 7) is 5.00. The van der Waals surface area contributed by atoms with Crippen molar-refractivity contribution in [2.45, 2.75) is 13.3 Å². The van der Waals surface area contributed by atoms with Gasteiger partial charge in [0.25, 0.3) is 5.91 Å². The fraction of sp³-hybridized carbons (Fsp3) is 0.333. The van der Waals surface area contributed by atoms with Crippen LogP contribution in [0.5, 0.6) is 0 Å². The van der Waals surface area contributed by atoms with E-state index in [-0.39, 0.29) is 18.4 Å². The van der Waals surface area contributed by atoms with Crippen LogP contribution in [0, 0.1) is 0 Å². The first-order valence-electron chi connectivity index (χ1n) is 11.4. The lowest BCUT2D eigenvalue weighted by Gasteiger charge is -2.34. The number of nitrogens with zero attached hydrogens (tertiary/aromatic N) is 6. The topological polar surface area (TPSA) is 125 Å². The summed E-state index contributed by atoms with van der Waals surface area (Å²) in [5.74, 6) is 1.54. The molecule has 0 spiro atoms. The molecular weight excluding hydrogens is 448 g/mol. The Morgan fingerprint density at radius 3 is 2.51 bits per heavy atom. The molecule has 1 aromatic carbocycles. The predicted octanol–water partition coefficient (Wildman–Crippen LogP) is 2.12. The molecule has 35 heavy (non-hydrogen) atoms. The normalized spacial score (nSPS) is 13.8. The number of carbonyl (C=O) groups excluding carboxylic acids is 2. The largest absolute Gasteiger partial charge is 0.468 e. The van der Waals surface area contributed by atoms with Crippen LogP contribution in [-0.2, 0) is 16.0 Å². The predicted molar refractivity (Wildman–Crippen MR) is 132 cm³/mol. The van der Waals surface area contributed by atoms with Crippen molar-refractivity contribution in [3.8, 4) is 0 Å². The molecule has 0 atom stereocenters. The van der Waals surface area contributed by atoms with Crippen LogP contribution in [0.2, 0.25) is 0 Å². The number of esters is 1. The van der Waals surface area contributed by atoms with Crippen LogP contribution in [0.15, 0.2) is 48.7 Å². The molecule has 1 saturated heterocycles. The molecular formula is C24H28N8O3. The smallest absolute Gasteiger partial charge is 0.319 e. The number of hydrogen-bond acceptors (Lipinski definition) is 10. The highest BCUT2D eigenvalue weighted by Gasteiger charge is 2.22. The van der Waals surface area contributed by atoms with Crippen LogP contribution >= 0.6 is 0 Å². The minimum atomic E-state index is -0.245. The zero-order valence-electron chi connectivity index (χ0n) is 19.8. The molecule has 3 aromatic rings. The Morgan fingerprint density at radius 1 is 1.03 bits per heavy atom. The fourth-order valence-corrected chi connectivity index (χ4v) is 3.60. The highest BCUT2D eigenvalue weighted by atomic mass is 16.5. The summed E-state index contributed by atoms with van der Waals surface area (Å²) in [6.07, 6.45) is 2.20. The fourth-order valence-electron chi connectivity index (χ4n) is 3.60. The number of ether oxygens (including phenoxy) is 1. The maximum atomic E-state index is 12.6. The molecule has 1 fully saturated rings. The Morgan fingerprint density at radius 2 is 1.80 bits per heavy atom. The number of pyridine rings is 1. The summed E-state index contributed by atoms with van der Waals surface area (Å²) in [5.41, 5.74) is 1.17. The van der Waals surface area contributed by atoms with Crippen molar-refractivity contribution in [2.24, 2.45) is 0 Å². The first kappa shape index (κ1) is 24.0. The molecule has 3 heterocycles. The Kier molecular flexibility index (Phi) is 7.78. The average Bonchev–Trinajstić information content (AvgIpc) is 2.89. The molecule has 0 aliphatic carbocycles. The highest BCUT2D eigenvalue weighted by Crippen LogP contribution is 2.18. The Hall–Kier alpha value is -4.12. The number of methoxy groups -OCH3 is 1. The molecule has 11 heteroatoms. The van der Waals surface area contributed by atoms with Crippen LogP contribution in [0.4, 0.5) is 23.4 Å². The number of hydrogen-bond donors (Lipinski definition) is 2. The third kappa shape index (κ3) is 6.48. The van der Waals surface area contributed by atoms with Crippen molar-refractivity contribution in [1.82, 2.24) is 24.8 Å². The van der Waals surface area contributed by atoms with Gasteiger partial charge in [-0.05, 0) is 24.3 Å². The summed E-state index contributed by atoms with van der Waals surface area (Å²) >= 11 is 0. The molecule has 1 amide bonds. The molecule has 0 radical (unpaired) electrons. The Bertz CT molecular complexity index is 1170. The molecule has 4 rings (SSSR count). The highest BCUT2D eigenvalue weighted by molar-refractivity contribution is 6.04. The van der Waals surface area contributed by atoms with Gasteiger partial charge in [0.15, 0.2) is 0 Å². The SMILES string of the molecule is CCc1nc(Nc2cc(C(=O)Nc3ccccc3)ccn2)nc(N2CCN(CC(=O)OC)CC2)n1. The molecule has 182 valence electrons. The van der Waals surface area contributed by atoms with E-state index in [1.165, 1.54) is 7.11 Å². The molecule has 0 unspecified atom stereocenters. The number of aryl methyl sites for hydroxylation is 1. The van der Waals surface area contributed by atoms with E-state index in [4.69, 9.17) is 4.74 Å². The first-order valence-corrected chi connectivity index (χ1v) is 11.4. The van der Waals surface area contributed by atoms with Crippen LogP contribution in [0.1, 0.15) is 23.1 Å². The van der Waals surface area contributed by atoms with Gasteiger partial charge in [0.2, 0.25) is 11.9 Å². The van der Waals surface area contributed by atoms with Crippen LogP contribution < -0.4 is 15.5 Å². The minimum Gasteiger partial charge on any atom is -0.468 e. The molecule has 11 nitrogen and oxygen atoms in total. The van der Waals surface area contributed by atoms with E-state index in [0.717, 1.165) is 0 Å². The number of amides is 1. The van der Waals surface area contributed by atoms with E-state index < -0.39 is 0 Å². The third-order valence-corrected chi connectivity index (χ3v) is 5.52. The maximum absolute atomic E-state index is 12.6. The van der Waals surface area contributed by atoms with Gasteiger partial charge in [-0.25, -0.2) is 4.98 Å². The van der Waals surface area contributed by atoms with Crippen LogP contribution in [0.25, 0.3) is 0 Å². The molecule has 2 N–H and O–H groups in total. The summed E-state index contributed by atoms with van der Waals surface area (Å²) in [6, 6.07) is 12.6. The molecule has 0 saturated carbocycles. The Labute approximate surface area is 203 Å². The lowest BCUT2D eigenvalue weighted by molar-refractivity contribution is -0.142. The van der Waals surface area contributed by atoms with Gasteiger partial charge >= 0.3 is 5.97 Å². The lowest BCUT2D eigenvalue weighted by atomic mass is 10.2. The summed E-state index contributed by atoms with van der Waals surface area (Å²) < 4.78 is 4.75. The van der Waals surface area contributed by atoms with E-state index in [1.807, 2.05) is 42.2 Å². The lowest BCUT2D eigenvalue weighted by Crippen LogP contribution is -2.48. The van der Waals surface area contributed by atoms with Crippen molar-refractivity contribution in [2.75, 3.05) is 55.4 Å². The second-order valence-corrected chi connectivity index (χ2v) is 7.94. The van der Waals surface area contributed by atoms with Gasteiger partial charge in [-0.15, -0.1) is 0 Å². The van der Waals surface area contributed by atoms with Gasteiger partial charge in [0, 0.05) is 50.0 Å². The average molecular weight is 477 g/mol. The second-order valence-electron chi connectivity index (χ2n) is 7.94. The van der Waals surface area contributed by atoms with Crippen LogP contribution in [-0.4, -0.2) is 76.5 Å².